The maximum absolute atomic E-state index is 13.7. The summed E-state index contributed by atoms with van der Waals surface area (Å²) in [7, 11) is 2.17. The number of ether oxygens (including phenoxy) is 1. The van der Waals surface area contributed by atoms with Gasteiger partial charge in [-0.25, -0.2) is 19.3 Å². The first kappa shape index (κ1) is 31.8. The van der Waals surface area contributed by atoms with Crippen LogP contribution < -0.4 is 11.3 Å². The molecule has 10 rings (SSSR count). The third-order valence-corrected chi connectivity index (χ3v) is 13.2. The van der Waals surface area contributed by atoms with Crippen LogP contribution in [-0.2, 0) is 23.0 Å². The summed E-state index contributed by atoms with van der Waals surface area (Å²) in [5.74, 6) is 1.73. The number of nitrogen functional groups attached to an aromatic ring is 1. The maximum atomic E-state index is 13.7. The van der Waals surface area contributed by atoms with Crippen molar-refractivity contribution in [1.82, 2.24) is 44.2 Å². The second-order valence-corrected chi connectivity index (χ2v) is 16.1. The molecule has 2 aliphatic carbocycles. The number of likely N-dealkylation sites (N-methyl/N-ethyl adjacent to an activating group) is 1. The monoisotopic (exact) mass is 717 g/mol. The van der Waals surface area contributed by atoms with Crippen LogP contribution in [0.2, 0.25) is 0 Å². The highest BCUT2D eigenvalue weighted by Gasteiger charge is 2.49. The number of nitrogens with zero attached hydrogens (tertiary/aromatic N) is 10. The van der Waals surface area contributed by atoms with Crippen LogP contribution >= 0.6 is 11.3 Å². The summed E-state index contributed by atoms with van der Waals surface area (Å²) < 4.78 is 17.3. The van der Waals surface area contributed by atoms with Gasteiger partial charge in [0.2, 0.25) is 0 Å². The third kappa shape index (κ3) is 4.53. The SMILES string of the molecule is CC(C1CCCN1C)n1ncc2c(-n3cc4ccn(C5CCOC5)c(=O)c4n3)nc(-c3noc4c3CCCC43CCCc4sc(N)c(C#N)c43)nc21. The van der Waals surface area contributed by atoms with Gasteiger partial charge in [0.25, 0.3) is 5.56 Å². The number of hydrogen-bond donors (Lipinski definition) is 1. The van der Waals surface area contributed by atoms with Gasteiger partial charge >= 0.3 is 0 Å². The van der Waals surface area contributed by atoms with E-state index in [1.807, 2.05) is 29.3 Å². The zero-order chi connectivity index (χ0) is 35.3. The number of pyridine rings is 1. The van der Waals surface area contributed by atoms with Crippen LogP contribution in [0.15, 0.2) is 34.0 Å². The lowest BCUT2D eigenvalue weighted by Gasteiger charge is -2.39. The number of nitrogens with two attached hydrogens (primary N) is 1. The van der Waals surface area contributed by atoms with Crippen molar-refractivity contribution >= 4 is 38.3 Å². The number of likely N-dealkylation sites (tertiary alicyclic amines) is 1. The van der Waals surface area contributed by atoms with E-state index in [0.29, 0.717) is 58.3 Å². The molecule has 6 aromatic heterocycles. The Morgan fingerprint density at radius 2 is 2.04 bits per heavy atom. The molecule has 0 radical (unpaired) electrons. The highest BCUT2D eigenvalue weighted by Crippen LogP contribution is 2.55. The van der Waals surface area contributed by atoms with Gasteiger partial charge in [0.15, 0.2) is 34.3 Å². The Hall–Kier alpha value is -4.91. The van der Waals surface area contributed by atoms with E-state index < -0.39 is 5.41 Å². The molecule has 4 atom stereocenters. The van der Waals surface area contributed by atoms with Gasteiger partial charge in [0, 0.05) is 40.9 Å². The lowest BCUT2D eigenvalue weighted by atomic mass is 9.63. The van der Waals surface area contributed by atoms with Gasteiger partial charge < -0.3 is 24.5 Å². The summed E-state index contributed by atoms with van der Waals surface area (Å²) in [5.41, 5.74) is 9.99. The van der Waals surface area contributed by atoms with E-state index in [4.69, 9.17) is 40.3 Å². The summed E-state index contributed by atoms with van der Waals surface area (Å²) in [5, 5.41) is 26.7. The molecule has 266 valence electrons. The summed E-state index contributed by atoms with van der Waals surface area (Å²) in [6.07, 6.45) is 13.8. The minimum Gasteiger partial charge on any atom is -0.389 e. The molecule has 8 heterocycles. The van der Waals surface area contributed by atoms with Crippen LogP contribution in [0.5, 0.6) is 0 Å². The Morgan fingerprint density at radius 1 is 1.17 bits per heavy atom. The number of anilines is 1. The smallest absolute Gasteiger partial charge is 0.279 e. The molecular formula is C37H39N11O3S. The van der Waals surface area contributed by atoms with Crippen molar-refractivity contribution in [2.24, 2.45) is 0 Å². The van der Waals surface area contributed by atoms with Gasteiger partial charge in [-0.2, -0.15) is 15.5 Å². The lowest BCUT2D eigenvalue weighted by molar-refractivity contribution is 0.186. The fourth-order valence-electron chi connectivity index (χ4n) is 9.58. The van der Waals surface area contributed by atoms with Crippen LogP contribution in [0.25, 0.3) is 39.3 Å². The predicted molar refractivity (Wildman–Crippen MR) is 195 cm³/mol. The minimum absolute atomic E-state index is 0.00973. The molecule has 52 heavy (non-hydrogen) atoms. The van der Waals surface area contributed by atoms with E-state index in [1.165, 1.54) is 16.2 Å². The summed E-state index contributed by atoms with van der Waals surface area (Å²) in [6.45, 7) is 4.39. The molecule has 0 bridgehead atoms. The predicted octanol–water partition coefficient (Wildman–Crippen LogP) is 5.07. The standard InChI is InChI=1S/C37H39N11O3S/c1-20(26-7-5-13-45(26)2)48-35-25(17-40-48)34(47-18-21-9-14-46(22-10-15-50-19-22)36(49)29(21)43-47)41-33(42-35)30-23-6-3-11-37(31(23)51-44-30)12-4-8-27-28(37)24(16-38)32(39)52-27/h9,14,17-18,20,22,26H,3-8,10-13,15,19,39H2,1-2H3. The Morgan fingerprint density at radius 3 is 2.83 bits per heavy atom. The summed E-state index contributed by atoms with van der Waals surface area (Å²) >= 11 is 1.53. The lowest BCUT2D eigenvalue weighted by Crippen LogP contribution is -2.35. The fourth-order valence-corrected chi connectivity index (χ4v) is 10.7. The topological polar surface area (TPSA) is 172 Å². The molecule has 15 heteroatoms. The maximum Gasteiger partial charge on any atom is 0.279 e. The number of aryl methyl sites for hydroxylation is 1. The second-order valence-electron chi connectivity index (χ2n) is 14.9. The molecule has 0 saturated carbocycles. The Balaban J connectivity index is 1.16. The third-order valence-electron chi connectivity index (χ3n) is 12.1. The van der Waals surface area contributed by atoms with Crippen molar-refractivity contribution in [3.63, 3.8) is 0 Å². The second kappa shape index (κ2) is 11.8. The Kier molecular flexibility index (Phi) is 7.22. The van der Waals surface area contributed by atoms with E-state index in [2.05, 4.69) is 24.9 Å². The molecule has 2 fully saturated rings. The summed E-state index contributed by atoms with van der Waals surface area (Å²) in [4.78, 5) is 27.6. The van der Waals surface area contributed by atoms with Gasteiger partial charge in [0.05, 0.1) is 41.3 Å². The number of aromatic nitrogens is 8. The summed E-state index contributed by atoms with van der Waals surface area (Å²) in [6, 6.07) is 4.68. The van der Waals surface area contributed by atoms with Crippen LogP contribution in [-0.4, -0.2) is 77.0 Å². The normalized spacial score (nSPS) is 23.8. The van der Waals surface area contributed by atoms with Gasteiger partial charge in [-0.3, -0.25) is 4.79 Å². The zero-order valence-electron chi connectivity index (χ0n) is 29.2. The van der Waals surface area contributed by atoms with Crippen LogP contribution in [0, 0.1) is 11.3 Å². The average Bonchev–Trinajstić information content (AvgIpc) is 4.00. The highest BCUT2D eigenvalue weighted by molar-refractivity contribution is 7.16. The van der Waals surface area contributed by atoms with Gasteiger partial charge in [-0.1, -0.05) is 5.16 Å². The first-order chi connectivity index (χ1) is 25.4. The van der Waals surface area contributed by atoms with E-state index in [0.717, 1.165) is 92.0 Å². The van der Waals surface area contributed by atoms with E-state index in [1.54, 1.807) is 9.25 Å². The molecule has 4 aliphatic rings. The molecular weight excluding hydrogens is 679 g/mol. The van der Waals surface area contributed by atoms with Crippen molar-refractivity contribution in [3.8, 4) is 23.4 Å². The number of fused-ring (bicyclic) bond motifs is 6. The molecule has 2 aliphatic heterocycles. The van der Waals surface area contributed by atoms with Crippen LogP contribution in [0.3, 0.4) is 0 Å². The van der Waals surface area contributed by atoms with E-state index in [9.17, 15) is 10.1 Å². The largest absolute Gasteiger partial charge is 0.389 e. The molecule has 6 aromatic rings. The number of hydrogen-bond acceptors (Lipinski definition) is 12. The number of rotatable bonds is 5. The van der Waals surface area contributed by atoms with Gasteiger partial charge in [-0.15, -0.1) is 11.3 Å². The fraction of sp³-hybridized carbons (Fsp3) is 0.486. The van der Waals surface area contributed by atoms with Crippen LogP contribution in [0.4, 0.5) is 5.00 Å². The first-order valence-electron chi connectivity index (χ1n) is 18.3. The van der Waals surface area contributed by atoms with Gasteiger partial charge in [-0.05, 0) is 89.9 Å². The van der Waals surface area contributed by atoms with Crippen molar-refractivity contribution in [1.29, 1.82) is 5.26 Å². The number of thiophene rings is 1. The molecule has 4 unspecified atom stereocenters. The van der Waals surface area contributed by atoms with Gasteiger partial charge in [0.1, 0.15) is 11.1 Å². The Bertz CT molecular complexity index is 2490. The van der Waals surface area contributed by atoms with Crippen molar-refractivity contribution in [2.75, 3.05) is 32.5 Å². The van der Waals surface area contributed by atoms with Crippen molar-refractivity contribution in [3.05, 3.63) is 62.3 Å². The van der Waals surface area contributed by atoms with E-state index >= 15 is 0 Å². The molecule has 0 aromatic carbocycles. The highest BCUT2D eigenvalue weighted by atomic mass is 32.1. The molecule has 14 nitrogen and oxygen atoms in total. The van der Waals surface area contributed by atoms with Crippen molar-refractivity contribution < 1.29 is 9.26 Å². The minimum atomic E-state index is -0.466. The molecule has 1 spiro atoms. The van der Waals surface area contributed by atoms with Crippen LogP contribution in [0.1, 0.15) is 91.3 Å². The average molecular weight is 718 g/mol. The molecule has 2 saturated heterocycles. The van der Waals surface area contributed by atoms with E-state index in [-0.39, 0.29) is 17.6 Å². The first-order valence-corrected chi connectivity index (χ1v) is 19.1. The Labute approximate surface area is 302 Å². The quantitative estimate of drug-likeness (QED) is 0.252. The number of nitriles is 1. The molecule has 0 amide bonds. The molecule has 2 N–H and O–H groups in total. The zero-order valence-corrected chi connectivity index (χ0v) is 30.0. The van der Waals surface area contributed by atoms with Crippen molar-refractivity contribution in [2.45, 2.75) is 88.3 Å².